The van der Waals surface area contributed by atoms with E-state index in [1.54, 1.807) is 0 Å². The Kier molecular flexibility index (Phi) is 4.42. The third-order valence-electron chi connectivity index (χ3n) is 3.65. The summed E-state index contributed by atoms with van der Waals surface area (Å²) in [5.74, 6) is 0.718. The second kappa shape index (κ2) is 5.72. The topological polar surface area (TPSA) is 15.3 Å². The molecule has 1 aliphatic rings. The van der Waals surface area contributed by atoms with Crippen LogP contribution in [0.1, 0.15) is 32.8 Å². The summed E-state index contributed by atoms with van der Waals surface area (Å²) in [6.45, 7) is 12.1. The number of benzene rings is 1. The van der Waals surface area contributed by atoms with Gasteiger partial charge in [0.2, 0.25) is 0 Å². The normalized spacial score (nSPS) is 20.1. The molecule has 1 saturated heterocycles. The fourth-order valence-electron chi connectivity index (χ4n) is 2.53. The second-order valence-corrected chi connectivity index (χ2v) is 7.09. The van der Waals surface area contributed by atoms with Gasteiger partial charge < -0.3 is 10.2 Å². The van der Waals surface area contributed by atoms with Gasteiger partial charge in [-0.1, -0.05) is 17.7 Å². The van der Waals surface area contributed by atoms with Crippen molar-refractivity contribution in [2.45, 2.75) is 39.7 Å². The van der Waals surface area contributed by atoms with Crippen molar-refractivity contribution in [2.24, 2.45) is 5.92 Å². The van der Waals surface area contributed by atoms with Gasteiger partial charge in [-0.15, -0.1) is 0 Å². The first-order chi connectivity index (χ1) is 8.85. The minimum absolute atomic E-state index is 0.203. The molecule has 1 fully saturated rings. The van der Waals surface area contributed by atoms with Gasteiger partial charge in [0.1, 0.15) is 0 Å². The zero-order valence-electron chi connectivity index (χ0n) is 12.5. The molecule has 1 heterocycles. The smallest absolute Gasteiger partial charge is 0.0639 e. The van der Waals surface area contributed by atoms with Crippen molar-refractivity contribution in [3.05, 3.63) is 28.8 Å². The van der Waals surface area contributed by atoms with Crippen LogP contribution < -0.4 is 10.2 Å². The van der Waals surface area contributed by atoms with Gasteiger partial charge >= 0.3 is 0 Å². The average molecular weight is 281 g/mol. The van der Waals surface area contributed by atoms with E-state index in [1.165, 1.54) is 17.7 Å². The zero-order chi connectivity index (χ0) is 14.0. The minimum Gasteiger partial charge on any atom is -0.370 e. The number of nitrogens with one attached hydrogen (secondary N) is 1. The molecule has 0 spiro atoms. The van der Waals surface area contributed by atoms with Crippen LogP contribution in [0, 0.1) is 12.8 Å². The van der Waals surface area contributed by atoms with E-state index in [9.17, 15) is 0 Å². The summed E-state index contributed by atoms with van der Waals surface area (Å²) >= 11 is 6.32. The van der Waals surface area contributed by atoms with Gasteiger partial charge in [0, 0.05) is 25.2 Å². The summed E-state index contributed by atoms with van der Waals surface area (Å²) in [5, 5.41) is 4.47. The molecule has 0 bridgehead atoms. The summed E-state index contributed by atoms with van der Waals surface area (Å²) in [6, 6.07) is 6.27. The fourth-order valence-corrected chi connectivity index (χ4v) is 2.77. The van der Waals surface area contributed by atoms with Crippen molar-refractivity contribution in [3.8, 4) is 0 Å². The van der Waals surface area contributed by atoms with E-state index in [0.29, 0.717) is 0 Å². The van der Waals surface area contributed by atoms with Crippen LogP contribution in [-0.4, -0.2) is 25.2 Å². The summed E-state index contributed by atoms with van der Waals surface area (Å²) in [5.41, 5.74) is 2.67. The number of nitrogens with zero attached hydrogens (tertiary/aromatic N) is 1. The molecule has 1 aromatic rings. The molecular weight excluding hydrogens is 256 g/mol. The van der Waals surface area contributed by atoms with Gasteiger partial charge in [0.05, 0.1) is 10.7 Å². The molecule has 0 saturated carbocycles. The standard InChI is InChI=1S/C16H25ClN2/c1-12-5-6-14(17)15(9-12)19-8-7-13(11-19)10-18-16(2,3)4/h5-6,9,13,18H,7-8,10-11H2,1-4H3. The first-order valence-electron chi connectivity index (χ1n) is 7.11. The van der Waals surface area contributed by atoms with Crippen LogP contribution in [0.3, 0.4) is 0 Å². The number of hydrogen-bond donors (Lipinski definition) is 1. The van der Waals surface area contributed by atoms with E-state index in [4.69, 9.17) is 11.6 Å². The van der Waals surface area contributed by atoms with Crippen molar-refractivity contribution >= 4 is 17.3 Å². The van der Waals surface area contributed by atoms with Crippen LogP contribution in [0.25, 0.3) is 0 Å². The van der Waals surface area contributed by atoms with Crippen molar-refractivity contribution in [2.75, 3.05) is 24.5 Å². The van der Waals surface area contributed by atoms with Crippen LogP contribution in [0.15, 0.2) is 18.2 Å². The van der Waals surface area contributed by atoms with Crippen LogP contribution in [0.2, 0.25) is 5.02 Å². The maximum Gasteiger partial charge on any atom is 0.0639 e. The lowest BCUT2D eigenvalue weighted by Gasteiger charge is -2.24. The Hall–Kier alpha value is -0.730. The predicted molar refractivity (Wildman–Crippen MR) is 84.3 cm³/mol. The number of aryl methyl sites for hydroxylation is 1. The quantitative estimate of drug-likeness (QED) is 0.904. The van der Waals surface area contributed by atoms with Crippen LogP contribution in [-0.2, 0) is 0 Å². The predicted octanol–water partition coefficient (Wildman–Crippen LogP) is 3.86. The molecule has 1 N–H and O–H groups in total. The zero-order valence-corrected chi connectivity index (χ0v) is 13.2. The Morgan fingerprint density at radius 3 is 2.79 bits per heavy atom. The fraction of sp³-hybridized carbons (Fsp3) is 0.625. The summed E-state index contributed by atoms with van der Waals surface area (Å²) in [6.07, 6.45) is 1.24. The minimum atomic E-state index is 0.203. The van der Waals surface area contributed by atoms with Crippen LogP contribution in [0.5, 0.6) is 0 Å². The molecule has 19 heavy (non-hydrogen) atoms. The lowest BCUT2D eigenvalue weighted by molar-refractivity contribution is 0.383. The molecule has 2 rings (SSSR count). The highest BCUT2D eigenvalue weighted by atomic mass is 35.5. The van der Waals surface area contributed by atoms with E-state index in [-0.39, 0.29) is 5.54 Å². The third kappa shape index (κ3) is 4.12. The van der Waals surface area contributed by atoms with Crippen molar-refractivity contribution < 1.29 is 0 Å². The molecule has 106 valence electrons. The van der Waals surface area contributed by atoms with Gasteiger partial charge in [0.25, 0.3) is 0 Å². The largest absolute Gasteiger partial charge is 0.370 e. The Labute approximate surface area is 122 Å². The molecule has 0 radical (unpaired) electrons. The second-order valence-electron chi connectivity index (χ2n) is 6.69. The van der Waals surface area contributed by atoms with Crippen molar-refractivity contribution in [1.82, 2.24) is 5.32 Å². The van der Waals surface area contributed by atoms with Crippen molar-refractivity contribution in [1.29, 1.82) is 0 Å². The van der Waals surface area contributed by atoms with Gasteiger partial charge in [-0.25, -0.2) is 0 Å². The maximum atomic E-state index is 6.32. The molecule has 0 amide bonds. The molecule has 3 heteroatoms. The number of halogens is 1. The molecular formula is C16H25ClN2. The third-order valence-corrected chi connectivity index (χ3v) is 3.97. The molecule has 1 atom stereocenters. The van der Waals surface area contributed by atoms with E-state index in [0.717, 1.165) is 30.6 Å². The Bertz CT molecular complexity index is 437. The van der Waals surface area contributed by atoms with Crippen molar-refractivity contribution in [3.63, 3.8) is 0 Å². The van der Waals surface area contributed by atoms with E-state index >= 15 is 0 Å². The highest BCUT2D eigenvalue weighted by Crippen LogP contribution is 2.31. The first kappa shape index (κ1) is 14.7. The number of hydrogen-bond acceptors (Lipinski definition) is 2. The summed E-state index contributed by atoms with van der Waals surface area (Å²) < 4.78 is 0. The average Bonchev–Trinajstić information content (AvgIpc) is 2.77. The molecule has 1 unspecified atom stereocenters. The lowest BCUT2D eigenvalue weighted by Crippen LogP contribution is -2.39. The lowest BCUT2D eigenvalue weighted by atomic mass is 10.1. The highest BCUT2D eigenvalue weighted by molar-refractivity contribution is 6.33. The van der Waals surface area contributed by atoms with E-state index in [1.807, 2.05) is 6.07 Å². The van der Waals surface area contributed by atoms with E-state index < -0.39 is 0 Å². The Morgan fingerprint density at radius 1 is 1.37 bits per heavy atom. The SMILES string of the molecule is Cc1ccc(Cl)c(N2CCC(CNC(C)(C)C)C2)c1. The molecule has 0 aliphatic carbocycles. The Balaban J connectivity index is 1.96. The van der Waals surface area contributed by atoms with Gasteiger partial charge in [-0.05, 0) is 57.7 Å². The van der Waals surface area contributed by atoms with E-state index in [2.05, 4.69) is 50.0 Å². The van der Waals surface area contributed by atoms with Crippen LogP contribution >= 0.6 is 11.6 Å². The first-order valence-corrected chi connectivity index (χ1v) is 7.49. The molecule has 1 aromatic carbocycles. The Morgan fingerprint density at radius 2 is 2.11 bits per heavy atom. The van der Waals surface area contributed by atoms with Crippen LogP contribution in [0.4, 0.5) is 5.69 Å². The summed E-state index contributed by atoms with van der Waals surface area (Å²) in [4.78, 5) is 2.42. The van der Waals surface area contributed by atoms with Gasteiger partial charge in [-0.3, -0.25) is 0 Å². The number of anilines is 1. The monoisotopic (exact) mass is 280 g/mol. The highest BCUT2D eigenvalue weighted by Gasteiger charge is 2.25. The maximum absolute atomic E-state index is 6.32. The summed E-state index contributed by atoms with van der Waals surface area (Å²) in [7, 11) is 0. The number of rotatable bonds is 3. The van der Waals surface area contributed by atoms with Gasteiger partial charge in [0.15, 0.2) is 0 Å². The molecule has 0 aromatic heterocycles. The molecule has 1 aliphatic heterocycles. The molecule has 2 nitrogen and oxygen atoms in total. The van der Waals surface area contributed by atoms with Gasteiger partial charge in [-0.2, -0.15) is 0 Å².